The maximum atomic E-state index is 11.6. The van der Waals surface area contributed by atoms with Crippen LogP contribution in [0.1, 0.15) is 41.9 Å². The van der Waals surface area contributed by atoms with Crippen LogP contribution in [-0.2, 0) is 4.74 Å². The summed E-state index contributed by atoms with van der Waals surface area (Å²) in [7, 11) is 0. The van der Waals surface area contributed by atoms with Crippen LogP contribution in [0.2, 0.25) is 0 Å². The predicted octanol–water partition coefficient (Wildman–Crippen LogP) is 2.62. The Morgan fingerprint density at radius 1 is 1.53 bits per heavy atom. The average Bonchev–Trinajstić information content (AvgIpc) is 3.08. The molecule has 1 heterocycles. The van der Waals surface area contributed by atoms with Crippen molar-refractivity contribution in [3.8, 4) is 0 Å². The van der Waals surface area contributed by atoms with Crippen LogP contribution in [0.4, 0.5) is 0 Å². The van der Waals surface area contributed by atoms with E-state index in [-0.39, 0.29) is 5.97 Å². The third-order valence-electron chi connectivity index (χ3n) is 2.98. The number of aromatic nitrogens is 2. The molecule has 1 saturated carbocycles. The molecular formula is C13H14N2O2. The standard InChI is InChI=1S/C13H14N2O2/c1-2-17-13(16)9-5-6-10-11(7-9)15-12(14-10)8-3-4-8/h5-8H,2-4H2,1H3,(H,14,15). The van der Waals surface area contributed by atoms with E-state index in [1.54, 1.807) is 13.0 Å². The summed E-state index contributed by atoms with van der Waals surface area (Å²) in [6, 6.07) is 5.44. The second-order valence-corrected chi connectivity index (χ2v) is 4.35. The number of rotatable bonds is 3. The van der Waals surface area contributed by atoms with Crippen molar-refractivity contribution in [2.45, 2.75) is 25.7 Å². The summed E-state index contributed by atoms with van der Waals surface area (Å²) in [5.74, 6) is 1.35. The van der Waals surface area contributed by atoms with Gasteiger partial charge in [0, 0.05) is 5.92 Å². The third kappa shape index (κ3) is 1.90. The van der Waals surface area contributed by atoms with Crippen LogP contribution < -0.4 is 0 Å². The minimum atomic E-state index is -0.281. The number of hydrogen-bond donors (Lipinski definition) is 1. The lowest BCUT2D eigenvalue weighted by atomic mass is 10.2. The zero-order valence-electron chi connectivity index (χ0n) is 9.69. The van der Waals surface area contributed by atoms with Crippen LogP contribution in [0.5, 0.6) is 0 Å². The molecular weight excluding hydrogens is 216 g/mol. The van der Waals surface area contributed by atoms with Crippen molar-refractivity contribution in [3.05, 3.63) is 29.6 Å². The molecule has 1 aliphatic carbocycles. The van der Waals surface area contributed by atoms with E-state index in [9.17, 15) is 4.79 Å². The first-order chi connectivity index (χ1) is 8.28. The second-order valence-electron chi connectivity index (χ2n) is 4.35. The SMILES string of the molecule is CCOC(=O)c1ccc2nc(C3CC3)[nH]c2c1. The van der Waals surface area contributed by atoms with Gasteiger partial charge in [0.05, 0.1) is 23.2 Å². The quantitative estimate of drug-likeness (QED) is 0.824. The highest BCUT2D eigenvalue weighted by Crippen LogP contribution is 2.39. The smallest absolute Gasteiger partial charge is 0.338 e. The zero-order chi connectivity index (χ0) is 11.8. The maximum absolute atomic E-state index is 11.6. The van der Waals surface area contributed by atoms with E-state index in [4.69, 9.17) is 4.74 Å². The molecule has 1 fully saturated rings. The van der Waals surface area contributed by atoms with Crippen LogP contribution >= 0.6 is 0 Å². The molecule has 4 heteroatoms. The molecule has 1 aliphatic rings. The van der Waals surface area contributed by atoms with E-state index in [0.29, 0.717) is 18.1 Å². The Bertz CT molecular complexity index is 570. The summed E-state index contributed by atoms with van der Waals surface area (Å²) in [4.78, 5) is 19.4. The van der Waals surface area contributed by atoms with Crippen LogP contribution in [0, 0.1) is 0 Å². The molecule has 88 valence electrons. The topological polar surface area (TPSA) is 55.0 Å². The fourth-order valence-electron chi connectivity index (χ4n) is 1.92. The van der Waals surface area contributed by atoms with Gasteiger partial charge >= 0.3 is 5.97 Å². The molecule has 0 saturated heterocycles. The monoisotopic (exact) mass is 230 g/mol. The van der Waals surface area contributed by atoms with Crippen molar-refractivity contribution in [1.82, 2.24) is 9.97 Å². The van der Waals surface area contributed by atoms with Gasteiger partial charge in [0.2, 0.25) is 0 Å². The number of esters is 1. The maximum Gasteiger partial charge on any atom is 0.338 e. The molecule has 0 amide bonds. The minimum Gasteiger partial charge on any atom is -0.462 e. The first-order valence-corrected chi connectivity index (χ1v) is 5.94. The Morgan fingerprint density at radius 2 is 2.35 bits per heavy atom. The van der Waals surface area contributed by atoms with E-state index in [1.807, 2.05) is 12.1 Å². The van der Waals surface area contributed by atoms with E-state index in [2.05, 4.69) is 9.97 Å². The first-order valence-electron chi connectivity index (χ1n) is 5.94. The van der Waals surface area contributed by atoms with Crippen molar-refractivity contribution in [2.24, 2.45) is 0 Å². The molecule has 3 rings (SSSR count). The molecule has 0 unspecified atom stereocenters. The number of carbonyl (C=O) groups is 1. The Kier molecular flexibility index (Phi) is 2.35. The van der Waals surface area contributed by atoms with Crippen molar-refractivity contribution < 1.29 is 9.53 Å². The van der Waals surface area contributed by atoms with Gasteiger partial charge in [-0.3, -0.25) is 0 Å². The van der Waals surface area contributed by atoms with Gasteiger partial charge in [-0.1, -0.05) is 0 Å². The van der Waals surface area contributed by atoms with Crippen LogP contribution in [0.25, 0.3) is 11.0 Å². The normalized spacial score (nSPS) is 15.1. The summed E-state index contributed by atoms with van der Waals surface area (Å²) < 4.78 is 4.97. The predicted molar refractivity (Wildman–Crippen MR) is 64.0 cm³/mol. The largest absolute Gasteiger partial charge is 0.462 e. The van der Waals surface area contributed by atoms with Crippen LogP contribution in [-0.4, -0.2) is 22.5 Å². The first kappa shape index (κ1) is 10.3. The number of imidazole rings is 1. The number of nitrogens with one attached hydrogen (secondary N) is 1. The minimum absolute atomic E-state index is 0.281. The molecule has 1 N–H and O–H groups in total. The summed E-state index contributed by atoms with van der Waals surface area (Å²) in [6.45, 7) is 2.20. The highest BCUT2D eigenvalue weighted by atomic mass is 16.5. The molecule has 1 aromatic carbocycles. The fraction of sp³-hybridized carbons (Fsp3) is 0.385. The number of fused-ring (bicyclic) bond motifs is 1. The van der Waals surface area contributed by atoms with Gasteiger partial charge in [-0.2, -0.15) is 0 Å². The van der Waals surface area contributed by atoms with Gasteiger partial charge in [0.1, 0.15) is 5.82 Å². The number of aromatic amines is 1. The fourth-order valence-corrected chi connectivity index (χ4v) is 1.92. The Hall–Kier alpha value is -1.84. The molecule has 17 heavy (non-hydrogen) atoms. The molecule has 2 aromatic rings. The molecule has 0 aliphatic heterocycles. The molecule has 0 radical (unpaired) electrons. The van der Waals surface area contributed by atoms with E-state index >= 15 is 0 Å². The Morgan fingerprint density at radius 3 is 3.06 bits per heavy atom. The van der Waals surface area contributed by atoms with Crippen molar-refractivity contribution in [3.63, 3.8) is 0 Å². The van der Waals surface area contributed by atoms with Gasteiger partial charge in [0.15, 0.2) is 0 Å². The van der Waals surface area contributed by atoms with Gasteiger partial charge < -0.3 is 9.72 Å². The Labute approximate surface area is 99.0 Å². The number of H-pyrrole nitrogens is 1. The summed E-state index contributed by atoms with van der Waals surface area (Å²) >= 11 is 0. The number of carbonyl (C=O) groups excluding carboxylic acids is 1. The molecule has 0 bridgehead atoms. The highest BCUT2D eigenvalue weighted by Gasteiger charge is 2.26. The van der Waals surface area contributed by atoms with E-state index in [1.165, 1.54) is 12.8 Å². The lowest BCUT2D eigenvalue weighted by molar-refractivity contribution is 0.0526. The number of ether oxygens (including phenoxy) is 1. The number of nitrogens with zero attached hydrogens (tertiary/aromatic N) is 1. The molecule has 0 spiro atoms. The van der Waals surface area contributed by atoms with Gasteiger partial charge in [-0.05, 0) is 38.0 Å². The van der Waals surface area contributed by atoms with Crippen LogP contribution in [0.15, 0.2) is 18.2 Å². The van der Waals surface area contributed by atoms with Crippen molar-refractivity contribution in [2.75, 3.05) is 6.61 Å². The Balaban J connectivity index is 1.97. The highest BCUT2D eigenvalue weighted by molar-refractivity contribution is 5.93. The molecule has 1 aromatic heterocycles. The lowest BCUT2D eigenvalue weighted by Crippen LogP contribution is -2.04. The molecule has 4 nitrogen and oxygen atoms in total. The van der Waals surface area contributed by atoms with Crippen molar-refractivity contribution in [1.29, 1.82) is 0 Å². The van der Waals surface area contributed by atoms with Gasteiger partial charge in [-0.25, -0.2) is 9.78 Å². The van der Waals surface area contributed by atoms with Crippen LogP contribution in [0.3, 0.4) is 0 Å². The van der Waals surface area contributed by atoms with E-state index in [0.717, 1.165) is 16.9 Å². The lowest BCUT2D eigenvalue weighted by Gasteiger charge is -2.00. The second kappa shape index (κ2) is 3.87. The molecule has 0 atom stereocenters. The van der Waals surface area contributed by atoms with Gasteiger partial charge in [0.25, 0.3) is 0 Å². The summed E-state index contributed by atoms with van der Waals surface area (Å²) in [6.07, 6.45) is 2.43. The number of hydrogen-bond acceptors (Lipinski definition) is 3. The van der Waals surface area contributed by atoms with E-state index < -0.39 is 0 Å². The number of benzene rings is 1. The van der Waals surface area contributed by atoms with Crippen molar-refractivity contribution >= 4 is 17.0 Å². The zero-order valence-corrected chi connectivity index (χ0v) is 9.69. The summed E-state index contributed by atoms with van der Waals surface area (Å²) in [5, 5.41) is 0. The van der Waals surface area contributed by atoms with Gasteiger partial charge in [-0.15, -0.1) is 0 Å². The average molecular weight is 230 g/mol. The summed E-state index contributed by atoms with van der Waals surface area (Å²) in [5.41, 5.74) is 2.41. The third-order valence-corrected chi connectivity index (χ3v) is 2.98.